The van der Waals surface area contributed by atoms with E-state index in [1.54, 1.807) is 11.3 Å². The molecule has 25 heavy (non-hydrogen) atoms. The number of anilines is 1. The summed E-state index contributed by atoms with van der Waals surface area (Å²) in [4.78, 5) is 12.4. The number of hydrogen-bond donors (Lipinski definition) is 2. The van der Waals surface area contributed by atoms with Gasteiger partial charge in [-0.15, -0.1) is 35.3 Å². The lowest BCUT2D eigenvalue weighted by Crippen LogP contribution is -2.39. The van der Waals surface area contributed by atoms with Crippen LogP contribution in [0.5, 0.6) is 0 Å². The zero-order valence-corrected chi connectivity index (χ0v) is 17.9. The molecule has 0 saturated carbocycles. The van der Waals surface area contributed by atoms with E-state index in [0.29, 0.717) is 5.92 Å². The van der Waals surface area contributed by atoms with E-state index < -0.39 is 0 Å². The number of aliphatic imine (C=N–C) groups is 1. The normalized spacial score (nSPS) is 17.3. The molecule has 0 bridgehead atoms. The predicted molar refractivity (Wildman–Crippen MR) is 117 cm³/mol. The highest BCUT2D eigenvalue weighted by Crippen LogP contribution is 2.22. The van der Waals surface area contributed by atoms with Crippen molar-refractivity contribution in [3.8, 4) is 0 Å². The van der Waals surface area contributed by atoms with Gasteiger partial charge in [-0.25, -0.2) is 4.98 Å². The Morgan fingerprint density at radius 2 is 2.12 bits per heavy atom. The fourth-order valence-electron chi connectivity index (χ4n) is 2.98. The average Bonchev–Trinajstić information content (AvgIpc) is 3.25. The first-order chi connectivity index (χ1) is 11.7. The molecule has 1 unspecified atom stereocenters. The average molecular weight is 471 g/mol. The number of para-hydroxylation sites is 1. The second-order valence-corrected chi connectivity index (χ2v) is 7.43. The van der Waals surface area contributed by atoms with Gasteiger partial charge in [-0.3, -0.25) is 4.99 Å². The summed E-state index contributed by atoms with van der Waals surface area (Å²) in [5, 5.41) is 7.88. The highest BCUT2D eigenvalue weighted by molar-refractivity contribution is 14.0. The smallest absolute Gasteiger partial charge is 0.191 e. The number of nitrogens with one attached hydrogen (secondary N) is 2. The van der Waals surface area contributed by atoms with Crippen molar-refractivity contribution < 1.29 is 0 Å². The quantitative estimate of drug-likeness (QED) is 0.400. The minimum Gasteiger partial charge on any atom is -0.371 e. The largest absolute Gasteiger partial charge is 0.371 e. The second-order valence-electron chi connectivity index (χ2n) is 6.11. The molecule has 0 aliphatic carbocycles. The summed E-state index contributed by atoms with van der Waals surface area (Å²) in [7, 11) is 1.81. The Hall–Kier alpha value is -1.35. The van der Waals surface area contributed by atoms with Gasteiger partial charge in [-0.2, -0.15) is 0 Å². The number of benzene rings is 1. The van der Waals surface area contributed by atoms with Crippen LogP contribution in [0.1, 0.15) is 16.3 Å². The monoisotopic (exact) mass is 471 g/mol. The zero-order chi connectivity index (χ0) is 16.8. The maximum atomic E-state index is 4.37. The Morgan fingerprint density at radius 1 is 1.32 bits per heavy atom. The molecule has 2 aromatic rings. The molecule has 3 rings (SSSR count). The van der Waals surface area contributed by atoms with Crippen LogP contribution in [0.25, 0.3) is 0 Å². The van der Waals surface area contributed by atoms with Crippen LogP contribution in [0.15, 0.2) is 41.5 Å². The fourth-order valence-corrected chi connectivity index (χ4v) is 3.70. The summed E-state index contributed by atoms with van der Waals surface area (Å²) in [6.07, 6.45) is 3.12. The third-order valence-electron chi connectivity index (χ3n) is 4.27. The highest BCUT2D eigenvalue weighted by atomic mass is 127. The SMILES string of the molecule is CN=C(NCc1ncc(C)s1)NCC1CCN(c2ccccc2)C1.I. The van der Waals surface area contributed by atoms with E-state index in [4.69, 9.17) is 0 Å². The topological polar surface area (TPSA) is 52.6 Å². The fraction of sp³-hybridized carbons (Fsp3) is 0.444. The van der Waals surface area contributed by atoms with Gasteiger partial charge in [0.1, 0.15) is 5.01 Å². The van der Waals surface area contributed by atoms with Gasteiger partial charge in [0.2, 0.25) is 0 Å². The molecule has 1 saturated heterocycles. The van der Waals surface area contributed by atoms with E-state index in [9.17, 15) is 0 Å². The lowest BCUT2D eigenvalue weighted by Gasteiger charge is -2.19. The number of nitrogens with zero attached hydrogens (tertiary/aromatic N) is 3. The van der Waals surface area contributed by atoms with Crippen molar-refractivity contribution >= 4 is 47.0 Å². The minimum absolute atomic E-state index is 0. The Morgan fingerprint density at radius 3 is 2.80 bits per heavy atom. The van der Waals surface area contributed by atoms with E-state index in [-0.39, 0.29) is 24.0 Å². The third kappa shape index (κ3) is 5.85. The van der Waals surface area contributed by atoms with E-state index in [0.717, 1.165) is 37.1 Å². The molecule has 1 atom stereocenters. The maximum Gasteiger partial charge on any atom is 0.191 e. The lowest BCUT2D eigenvalue weighted by molar-refractivity contribution is 0.565. The van der Waals surface area contributed by atoms with Gasteiger partial charge in [0.25, 0.3) is 0 Å². The third-order valence-corrected chi connectivity index (χ3v) is 5.18. The molecule has 5 nitrogen and oxygen atoms in total. The van der Waals surface area contributed by atoms with Crippen LogP contribution in [0, 0.1) is 12.8 Å². The molecule has 0 amide bonds. The molecule has 136 valence electrons. The van der Waals surface area contributed by atoms with Gasteiger partial charge in [0, 0.05) is 43.4 Å². The summed E-state index contributed by atoms with van der Waals surface area (Å²) in [6.45, 7) is 5.96. The number of aryl methyl sites for hydroxylation is 1. The predicted octanol–water partition coefficient (Wildman–Crippen LogP) is 3.26. The highest BCUT2D eigenvalue weighted by Gasteiger charge is 2.22. The standard InChI is InChI=1S/C18H25N5S.HI/c1-14-10-20-17(24-14)12-22-18(19-2)21-11-15-8-9-23(13-15)16-6-4-3-5-7-16;/h3-7,10,15H,8-9,11-13H2,1-2H3,(H2,19,21,22);1H. The Bertz CT molecular complexity index is 673. The summed E-state index contributed by atoms with van der Waals surface area (Å²) in [5.41, 5.74) is 1.32. The molecule has 0 radical (unpaired) electrons. The van der Waals surface area contributed by atoms with Crippen molar-refractivity contribution in [2.24, 2.45) is 10.9 Å². The molecular weight excluding hydrogens is 445 g/mol. The van der Waals surface area contributed by atoms with Crippen molar-refractivity contribution in [2.45, 2.75) is 19.9 Å². The zero-order valence-electron chi connectivity index (χ0n) is 14.7. The first-order valence-corrected chi connectivity index (χ1v) is 9.22. The van der Waals surface area contributed by atoms with E-state index in [1.807, 2.05) is 13.2 Å². The summed E-state index contributed by atoms with van der Waals surface area (Å²) in [6, 6.07) is 10.6. The van der Waals surface area contributed by atoms with Crippen molar-refractivity contribution in [3.63, 3.8) is 0 Å². The number of hydrogen-bond acceptors (Lipinski definition) is 4. The van der Waals surface area contributed by atoms with Crippen LogP contribution >= 0.6 is 35.3 Å². The van der Waals surface area contributed by atoms with Gasteiger partial charge < -0.3 is 15.5 Å². The number of aromatic nitrogens is 1. The molecule has 1 fully saturated rings. The van der Waals surface area contributed by atoms with Gasteiger partial charge in [0.05, 0.1) is 6.54 Å². The molecule has 2 N–H and O–H groups in total. The van der Waals surface area contributed by atoms with Gasteiger partial charge >= 0.3 is 0 Å². The van der Waals surface area contributed by atoms with E-state index in [2.05, 4.69) is 62.8 Å². The van der Waals surface area contributed by atoms with Crippen LogP contribution in [-0.4, -0.2) is 37.6 Å². The molecule has 1 aliphatic heterocycles. The van der Waals surface area contributed by atoms with Crippen LogP contribution in [0.3, 0.4) is 0 Å². The number of rotatable bonds is 5. The van der Waals surface area contributed by atoms with E-state index >= 15 is 0 Å². The Balaban J connectivity index is 0.00000225. The Kier molecular flexibility index (Phi) is 7.95. The summed E-state index contributed by atoms with van der Waals surface area (Å²) in [5.74, 6) is 1.49. The van der Waals surface area contributed by atoms with Crippen LogP contribution < -0.4 is 15.5 Å². The molecule has 2 heterocycles. The van der Waals surface area contributed by atoms with Crippen molar-refractivity contribution in [2.75, 3.05) is 31.6 Å². The summed E-state index contributed by atoms with van der Waals surface area (Å²) >= 11 is 1.72. The second kappa shape index (κ2) is 9.96. The van der Waals surface area contributed by atoms with Crippen molar-refractivity contribution in [1.82, 2.24) is 15.6 Å². The number of guanidine groups is 1. The Labute approximate surface area is 171 Å². The van der Waals surface area contributed by atoms with Gasteiger partial charge in [-0.1, -0.05) is 18.2 Å². The van der Waals surface area contributed by atoms with Gasteiger partial charge in [-0.05, 0) is 31.4 Å². The molecular formula is C18H26IN5S. The molecule has 7 heteroatoms. The van der Waals surface area contributed by atoms with Crippen LogP contribution in [-0.2, 0) is 6.54 Å². The number of halogens is 1. The van der Waals surface area contributed by atoms with Crippen molar-refractivity contribution in [3.05, 3.63) is 46.4 Å². The first kappa shape index (κ1) is 20.0. The minimum atomic E-state index is 0. The van der Waals surface area contributed by atoms with Gasteiger partial charge in [0.15, 0.2) is 5.96 Å². The van der Waals surface area contributed by atoms with Crippen molar-refractivity contribution in [1.29, 1.82) is 0 Å². The van der Waals surface area contributed by atoms with Crippen LogP contribution in [0.4, 0.5) is 5.69 Å². The molecule has 0 spiro atoms. The summed E-state index contributed by atoms with van der Waals surface area (Å²) < 4.78 is 0. The number of thiazole rings is 1. The molecule has 1 aromatic heterocycles. The molecule has 1 aromatic carbocycles. The maximum absolute atomic E-state index is 4.37. The van der Waals surface area contributed by atoms with Crippen LogP contribution in [0.2, 0.25) is 0 Å². The molecule has 1 aliphatic rings. The van der Waals surface area contributed by atoms with E-state index in [1.165, 1.54) is 17.0 Å². The lowest BCUT2D eigenvalue weighted by atomic mass is 10.1. The first-order valence-electron chi connectivity index (χ1n) is 8.40.